The van der Waals surface area contributed by atoms with Gasteiger partial charge in [0.15, 0.2) is 5.82 Å². The lowest BCUT2D eigenvalue weighted by Crippen LogP contribution is -2.16. The predicted octanol–water partition coefficient (Wildman–Crippen LogP) is 1.59. The molecular weight excluding hydrogens is 283 g/mol. The van der Waals surface area contributed by atoms with Crippen LogP contribution in [0.15, 0.2) is 29.4 Å². The quantitative estimate of drug-likeness (QED) is 0.747. The molecule has 0 spiro atoms. The smallest absolute Gasteiger partial charge is 0.267 e. The minimum Gasteiger partial charge on any atom is -0.396 e. The van der Waals surface area contributed by atoms with Gasteiger partial charge in [-0.15, -0.1) is 0 Å². The van der Waals surface area contributed by atoms with Crippen molar-refractivity contribution in [2.75, 3.05) is 10.5 Å². The maximum Gasteiger partial charge on any atom is 0.267 e. The van der Waals surface area contributed by atoms with Crippen molar-refractivity contribution in [3.8, 4) is 0 Å². The molecule has 9 heteroatoms. The summed E-state index contributed by atoms with van der Waals surface area (Å²) in [4.78, 5) is 5.56. The van der Waals surface area contributed by atoms with E-state index in [0.717, 1.165) is 12.1 Å². The first-order valence-electron chi connectivity index (χ1n) is 4.67. The van der Waals surface area contributed by atoms with E-state index in [0.29, 0.717) is 0 Å². The van der Waals surface area contributed by atoms with Crippen LogP contribution in [0.2, 0.25) is 5.02 Å². The highest BCUT2D eigenvalue weighted by molar-refractivity contribution is 7.92. The van der Waals surface area contributed by atoms with Crippen LogP contribution in [-0.4, -0.2) is 18.4 Å². The maximum absolute atomic E-state index is 13.7. The molecule has 0 amide bonds. The van der Waals surface area contributed by atoms with Gasteiger partial charge in [0.1, 0.15) is 4.90 Å². The zero-order valence-electron chi connectivity index (χ0n) is 8.81. The van der Waals surface area contributed by atoms with Crippen molar-refractivity contribution in [2.24, 2.45) is 0 Å². The molecule has 0 aliphatic carbocycles. The zero-order chi connectivity index (χ0) is 13.3. The monoisotopic (exact) mass is 290 g/mol. The van der Waals surface area contributed by atoms with Crippen LogP contribution in [0.4, 0.5) is 16.0 Å². The number of sulfonamides is 1. The number of nitrogens with zero attached hydrogens (tertiary/aromatic N) is 1. The topological polar surface area (TPSA) is 101 Å². The van der Waals surface area contributed by atoms with Gasteiger partial charge in [-0.25, -0.2) is 22.5 Å². The summed E-state index contributed by atoms with van der Waals surface area (Å²) in [6, 6.07) is 2.10. The van der Waals surface area contributed by atoms with Crippen LogP contribution in [0.3, 0.4) is 0 Å². The van der Waals surface area contributed by atoms with Crippen molar-refractivity contribution in [1.82, 2.24) is 9.97 Å². The number of hydrogen-bond acceptors (Lipinski definition) is 4. The van der Waals surface area contributed by atoms with Crippen LogP contribution >= 0.6 is 11.6 Å². The number of halogens is 2. The van der Waals surface area contributed by atoms with Crippen LogP contribution in [0, 0.1) is 5.82 Å². The number of nitrogens with one attached hydrogen (secondary N) is 2. The van der Waals surface area contributed by atoms with E-state index in [1.165, 1.54) is 12.4 Å². The Morgan fingerprint density at radius 3 is 2.78 bits per heavy atom. The fourth-order valence-corrected chi connectivity index (χ4v) is 2.69. The van der Waals surface area contributed by atoms with Crippen molar-refractivity contribution in [3.05, 3.63) is 35.4 Å². The molecule has 0 aliphatic heterocycles. The Morgan fingerprint density at radius 1 is 1.44 bits per heavy atom. The zero-order valence-corrected chi connectivity index (χ0v) is 10.4. The number of imidazole rings is 1. The molecule has 6 nitrogen and oxygen atoms in total. The summed E-state index contributed by atoms with van der Waals surface area (Å²) in [7, 11) is -4.14. The van der Waals surface area contributed by atoms with Crippen molar-refractivity contribution >= 4 is 33.3 Å². The Labute approximate surface area is 107 Å². The van der Waals surface area contributed by atoms with Crippen molar-refractivity contribution in [1.29, 1.82) is 0 Å². The molecule has 1 heterocycles. The molecule has 0 bridgehead atoms. The number of aromatic nitrogens is 2. The standard InChI is InChI=1S/C9H8ClFN4O2S/c10-5-3-6(12)8(11)7(4-5)18(16,17)15-9-13-1-2-14-9/h1-4H,12H2,(H2,13,14,15). The SMILES string of the molecule is Nc1cc(Cl)cc(S(=O)(=O)Nc2ncc[nH]2)c1F. The van der Waals surface area contributed by atoms with Gasteiger partial charge >= 0.3 is 0 Å². The average Bonchev–Trinajstić information content (AvgIpc) is 2.75. The third-order valence-corrected chi connectivity index (χ3v) is 3.61. The predicted molar refractivity (Wildman–Crippen MR) is 65.2 cm³/mol. The molecule has 0 saturated carbocycles. The molecule has 0 atom stereocenters. The average molecular weight is 291 g/mol. The first-order chi connectivity index (χ1) is 8.40. The lowest BCUT2D eigenvalue weighted by Gasteiger charge is -2.08. The fraction of sp³-hybridized carbons (Fsp3) is 0. The number of anilines is 2. The largest absolute Gasteiger partial charge is 0.396 e. The van der Waals surface area contributed by atoms with Crippen LogP contribution in [0.25, 0.3) is 0 Å². The first-order valence-corrected chi connectivity index (χ1v) is 6.53. The highest BCUT2D eigenvalue weighted by Crippen LogP contribution is 2.26. The molecule has 0 unspecified atom stereocenters. The van der Waals surface area contributed by atoms with Gasteiger partial charge in [-0.3, -0.25) is 0 Å². The van der Waals surface area contributed by atoms with Crippen molar-refractivity contribution < 1.29 is 12.8 Å². The molecule has 1 aromatic heterocycles. The molecule has 0 aliphatic rings. The normalized spacial score (nSPS) is 11.4. The summed E-state index contributed by atoms with van der Waals surface area (Å²) in [6.45, 7) is 0. The Morgan fingerprint density at radius 2 is 2.17 bits per heavy atom. The highest BCUT2D eigenvalue weighted by atomic mass is 35.5. The molecule has 2 rings (SSSR count). The van der Waals surface area contributed by atoms with E-state index in [1.807, 2.05) is 0 Å². The van der Waals surface area contributed by atoms with E-state index < -0.39 is 20.7 Å². The minimum atomic E-state index is -4.14. The Bertz CT molecular complexity index is 672. The third-order valence-electron chi connectivity index (χ3n) is 2.05. The lowest BCUT2D eigenvalue weighted by molar-refractivity contribution is 0.572. The van der Waals surface area contributed by atoms with Crippen LogP contribution in [0.1, 0.15) is 0 Å². The molecule has 0 saturated heterocycles. The summed E-state index contributed by atoms with van der Waals surface area (Å²) in [5.74, 6) is -1.09. The van der Waals surface area contributed by atoms with E-state index in [1.54, 1.807) is 0 Å². The number of benzene rings is 1. The van der Waals surface area contributed by atoms with E-state index >= 15 is 0 Å². The van der Waals surface area contributed by atoms with Gasteiger partial charge in [0.25, 0.3) is 10.0 Å². The lowest BCUT2D eigenvalue weighted by atomic mass is 10.3. The summed E-state index contributed by atoms with van der Waals surface area (Å²) in [5, 5.41) is 0.0220. The molecule has 4 N–H and O–H groups in total. The number of hydrogen-bond donors (Lipinski definition) is 3. The van der Waals surface area contributed by atoms with E-state index in [9.17, 15) is 12.8 Å². The summed E-state index contributed by atoms with van der Waals surface area (Å²) in [5.41, 5.74) is 4.97. The second-order valence-electron chi connectivity index (χ2n) is 3.35. The molecule has 0 fully saturated rings. The second kappa shape index (κ2) is 4.46. The number of rotatable bonds is 3. The number of aromatic amines is 1. The Balaban J connectivity index is 2.48. The van der Waals surface area contributed by atoms with Gasteiger partial charge in [0.2, 0.25) is 5.95 Å². The third kappa shape index (κ3) is 2.39. The first kappa shape index (κ1) is 12.7. The minimum absolute atomic E-state index is 0.0220. The van der Waals surface area contributed by atoms with Crippen LogP contribution < -0.4 is 10.5 Å². The maximum atomic E-state index is 13.7. The van der Waals surface area contributed by atoms with Gasteiger partial charge in [0.05, 0.1) is 5.69 Å². The molecule has 0 radical (unpaired) electrons. The van der Waals surface area contributed by atoms with Crippen LogP contribution in [-0.2, 0) is 10.0 Å². The summed E-state index contributed by atoms with van der Waals surface area (Å²) >= 11 is 5.65. The van der Waals surface area contributed by atoms with E-state index in [-0.39, 0.29) is 16.7 Å². The molecule has 1 aromatic carbocycles. The summed E-state index contributed by atoms with van der Waals surface area (Å²) < 4.78 is 39.5. The molecule has 96 valence electrons. The summed E-state index contributed by atoms with van der Waals surface area (Å²) in [6.07, 6.45) is 2.76. The van der Waals surface area contributed by atoms with E-state index in [2.05, 4.69) is 14.7 Å². The molecule has 18 heavy (non-hydrogen) atoms. The fourth-order valence-electron chi connectivity index (χ4n) is 1.28. The van der Waals surface area contributed by atoms with Crippen molar-refractivity contribution in [3.63, 3.8) is 0 Å². The Kier molecular flexibility index (Phi) is 3.14. The van der Waals surface area contributed by atoms with Gasteiger partial charge in [-0.1, -0.05) is 11.6 Å². The highest BCUT2D eigenvalue weighted by Gasteiger charge is 2.22. The van der Waals surface area contributed by atoms with Crippen LogP contribution in [0.5, 0.6) is 0 Å². The van der Waals surface area contributed by atoms with Gasteiger partial charge in [0, 0.05) is 17.4 Å². The Hall–Kier alpha value is -1.80. The van der Waals surface area contributed by atoms with Gasteiger partial charge in [-0.2, -0.15) is 0 Å². The molecule has 2 aromatic rings. The molecular formula is C9H8ClFN4O2S. The number of nitrogen functional groups attached to an aromatic ring is 1. The van der Waals surface area contributed by atoms with Crippen molar-refractivity contribution in [2.45, 2.75) is 4.90 Å². The van der Waals surface area contributed by atoms with Gasteiger partial charge in [-0.05, 0) is 12.1 Å². The van der Waals surface area contributed by atoms with E-state index in [4.69, 9.17) is 17.3 Å². The second-order valence-corrected chi connectivity index (χ2v) is 5.44. The van der Waals surface area contributed by atoms with Gasteiger partial charge < -0.3 is 10.7 Å². The number of nitrogens with two attached hydrogens (primary N) is 1. The number of H-pyrrole nitrogens is 1.